The summed E-state index contributed by atoms with van der Waals surface area (Å²) >= 11 is 0. The molecule has 3 rings (SSSR count). The number of nitro benzene ring substituents is 1. The topological polar surface area (TPSA) is 60.2 Å². The summed E-state index contributed by atoms with van der Waals surface area (Å²) in [6.45, 7) is 0. The van der Waals surface area contributed by atoms with Crippen LogP contribution in [-0.4, -0.2) is 10.7 Å². The van der Waals surface area contributed by atoms with Crippen LogP contribution in [0.2, 0.25) is 0 Å². The maximum Gasteiger partial charge on any atom is 0.269 e. The Hall–Kier alpha value is -2.49. The normalized spacial score (nSPS) is 21.5. The minimum atomic E-state index is -0.417. The lowest BCUT2D eigenvalue weighted by Crippen LogP contribution is -2.25. The third-order valence-electron chi connectivity index (χ3n) is 4.38. The molecule has 1 fully saturated rings. The van der Waals surface area contributed by atoms with Gasteiger partial charge >= 0.3 is 0 Å². The summed E-state index contributed by atoms with van der Waals surface area (Å²) in [7, 11) is 0. The second-order valence-corrected chi connectivity index (χ2v) is 5.70. The van der Waals surface area contributed by atoms with Crippen molar-refractivity contribution < 1.29 is 9.72 Å². The highest BCUT2D eigenvalue weighted by molar-refractivity contribution is 5.92. The van der Waals surface area contributed by atoms with Gasteiger partial charge in [0.05, 0.1) is 4.92 Å². The Morgan fingerprint density at radius 2 is 1.41 bits per heavy atom. The number of ketones is 1. The minimum absolute atomic E-state index is 0.0601. The Morgan fingerprint density at radius 3 is 1.95 bits per heavy atom. The minimum Gasteiger partial charge on any atom is -0.298 e. The molecule has 0 amide bonds. The van der Waals surface area contributed by atoms with Crippen LogP contribution in [0.15, 0.2) is 54.6 Å². The maximum absolute atomic E-state index is 12.8. The van der Waals surface area contributed by atoms with Gasteiger partial charge in [-0.15, -0.1) is 0 Å². The zero-order valence-corrected chi connectivity index (χ0v) is 12.1. The molecule has 1 aliphatic rings. The van der Waals surface area contributed by atoms with E-state index in [1.54, 1.807) is 12.1 Å². The monoisotopic (exact) mass is 295 g/mol. The van der Waals surface area contributed by atoms with Crippen LogP contribution < -0.4 is 0 Å². The van der Waals surface area contributed by atoms with E-state index >= 15 is 0 Å². The van der Waals surface area contributed by atoms with E-state index in [1.165, 1.54) is 12.1 Å². The predicted molar refractivity (Wildman–Crippen MR) is 83.9 cm³/mol. The molecule has 0 aliphatic heterocycles. The number of benzene rings is 2. The molecule has 22 heavy (non-hydrogen) atoms. The number of carbonyl (C=O) groups excluding carboxylic acids is 1. The molecular weight excluding hydrogens is 278 g/mol. The van der Waals surface area contributed by atoms with Gasteiger partial charge in [0.25, 0.3) is 5.69 Å². The van der Waals surface area contributed by atoms with Gasteiger partial charge in [0.1, 0.15) is 5.78 Å². The summed E-state index contributed by atoms with van der Waals surface area (Å²) < 4.78 is 0. The van der Waals surface area contributed by atoms with Gasteiger partial charge in [-0.1, -0.05) is 48.9 Å². The van der Waals surface area contributed by atoms with Gasteiger partial charge < -0.3 is 0 Å². The van der Waals surface area contributed by atoms with Gasteiger partial charge in [-0.25, -0.2) is 0 Å². The predicted octanol–water partition coefficient (Wildman–Crippen LogP) is 4.22. The summed E-state index contributed by atoms with van der Waals surface area (Å²) in [5.41, 5.74) is 2.02. The Bertz CT molecular complexity index is 679. The van der Waals surface area contributed by atoms with Gasteiger partial charge in [-0.05, 0) is 24.0 Å². The van der Waals surface area contributed by atoms with E-state index in [2.05, 4.69) is 0 Å². The molecule has 2 atom stereocenters. The van der Waals surface area contributed by atoms with E-state index < -0.39 is 4.92 Å². The van der Waals surface area contributed by atoms with Crippen LogP contribution in [0.4, 0.5) is 5.69 Å². The first-order chi connectivity index (χ1) is 10.7. The van der Waals surface area contributed by atoms with Crippen LogP contribution in [0.5, 0.6) is 0 Å². The van der Waals surface area contributed by atoms with Crippen molar-refractivity contribution in [3.63, 3.8) is 0 Å². The molecule has 0 radical (unpaired) electrons. The summed E-state index contributed by atoms with van der Waals surface area (Å²) in [6, 6.07) is 16.3. The Labute approximate surface area is 128 Å². The van der Waals surface area contributed by atoms with Crippen LogP contribution in [0.3, 0.4) is 0 Å². The van der Waals surface area contributed by atoms with Crippen molar-refractivity contribution in [2.75, 3.05) is 0 Å². The molecule has 1 aliphatic carbocycles. The highest BCUT2D eigenvalue weighted by Crippen LogP contribution is 2.38. The highest BCUT2D eigenvalue weighted by atomic mass is 16.6. The Kier molecular flexibility index (Phi) is 4.00. The lowest BCUT2D eigenvalue weighted by Gasteiger charge is -2.28. The van der Waals surface area contributed by atoms with Gasteiger partial charge in [0.2, 0.25) is 0 Å². The molecule has 0 aromatic heterocycles. The first kappa shape index (κ1) is 14.4. The molecule has 1 saturated carbocycles. The molecule has 0 heterocycles. The molecule has 0 saturated heterocycles. The number of non-ortho nitro benzene ring substituents is 1. The third kappa shape index (κ3) is 2.77. The van der Waals surface area contributed by atoms with E-state index in [0.29, 0.717) is 0 Å². The van der Waals surface area contributed by atoms with E-state index in [-0.39, 0.29) is 23.3 Å². The van der Waals surface area contributed by atoms with Gasteiger partial charge in [-0.3, -0.25) is 14.9 Å². The first-order valence-corrected chi connectivity index (χ1v) is 7.50. The van der Waals surface area contributed by atoms with Crippen LogP contribution >= 0.6 is 0 Å². The molecule has 4 heteroatoms. The quantitative estimate of drug-likeness (QED) is 0.629. The van der Waals surface area contributed by atoms with Crippen molar-refractivity contribution in [1.82, 2.24) is 0 Å². The van der Waals surface area contributed by atoms with Crippen LogP contribution in [0.1, 0.15) is 42.2 Å². The van der Waals surface area contributed by atoms with E-state index in [9.17, 15) is 14.9 Å². The number of carbonyl (C=O) groups is 1. The molecular formula is C18H17NO3. The molecule has 112 valence electrons. The molecule has 2 aromatic carbocycles. The SMILES string of the molecule is O=C1[C@H](c2ccccc2)CCC[C@@H]1c1ccc([N+](=O)[O-])cc1. The molecule has 0 N–H and O–H groups in total. The fourth-order valence-corrected chi connectivity index (χ4v) is 3.23. The Morgan fingerprint density at radius 1 is 0.864 bits per heavy atom. The smallest absolute Gasteiger partial charge is 0.269 e. The largest absolute Gasteiger partial charge is 0.298 e. The fourth-order valence-electron chi connectivity index (χ4n) is 3.23. The number of Topliss-reactive ketones (excluding diaryl/α,β-unsaturated/α-hetero) is 1. The van der Waals surface area contributed by atoms with Crippen LogP contribution in [0, 0.1) is 10.1 Å². The molecule has 4 nitrogen and oxygen atoms in total. The van der Waals surface area contributed by atoms with Gasteiger partial charge in [0.15, 0.2) is 0 Å². The van der Waals surface area contributed by atoms with Crippen molar-refractivity contribution >= 4 is 11.5 Å². The zero-order chi connectivity index (χ0) is 15.5. The maximum atomic E-state index is 12.8. The van der Waals surface area contributed by atoms with Gasteiger partial charge in [0, 0.05) is 24.0 Å². The van der Waals surface area contributed by atoms with E-state index in [1.807, 2.05) is 30.3 Å². The number of hydrogen-bond acceptors (Lipinski definition) is 3. The third-order valence-corrected chi connectivity index (χ3v) is 4.38. The molecule has 2 aromatic rings. The van der Waals surface area contributed by atoms with Crippen molar-refractivity contribution in [3.8, 4) is 0 Å². The second-order valence-electron chi connectivity index (χ2n) is 5.70. The van der Waals surface area contributed by atoms with Crippen molar-refractivity contribution in [3.05, 3.63) is 75.8 Å². The summed E-state index contributed by atoms with van der Waals surface area (Å²) in [6.07, 6.45) is 2.69. The van der Waals surface area contributed by atoms with Crippen molar-refractivity contribution in [2.24, 2.45) is 0 Å². The number of nitrogens with zero attached hydrogens (tertiary/aromatic N) is 1. The number of rotatable bonds is 3. The number of hydrogen-bond donors (Lipinski definition) is 0. The molecule has 0 bridgehead atoms. The second kappa shape index (κ2) is 6.10. The van der Waals surface area contributed by atoms with Crippen molar-refractivity contribution in [2.45, 2.75) is 31.1 Å². The first-order valence-electron chi connectivity index (χ1n) is 7.50. The standard InChI is InChI=1S/C18H17NO3/c20-18-16(13-5-2-1-3-6-13)7-4-8-17(18)14-9-11-15(12-10-14)19(21)22/h1-3,5-6,9-12,16-17H,4,7-8H2/t16-,17+/m0/s1. The zero-order valence-electron chi connectivity index (χ0n) is 12.1. The number of nitro groups is 1. The Balaban J connectivity index is 1.85. The van der Waals surface area contributed by atoms with Crippen LogP contribution in [0.25, 0.3) is 0 Å². The van der Waals surface area contributed by atoms with E-state index in [4.69, 9.17) is 0 Å². The van der Waals surface area contributed by atoms with Crippen molar-refractivity contribution in [1.29, 1.82) is 0 Å². The fraction of sp³-hybridized carbons (Fsp3) is 0.278. The molecule has 0 unspecified atom stereocenters. The van der Waals surface area contributed by atoms with E-state index in [0.717, 1.165) is 30.4 Å². The van der Waals surface area contributed by atoms with Gasteiger partial charge in [-0.2, -0.15) is 0 Å². The highest BCUT2D eigenvalue weighted by Gasteiger charge is 2.33. The molecule has 0 spiro atoms. The lowest BCUT2D eigenvalue weighted by molar-refractivity contribution is -0.384. The van der Waals surface area contributed by atoms with Crippen LogP contribution in [-0.2, 0) is 4.79 Å². The lowest BCUT2D eigenvalue weighted by atomic mass is 9.74. The average molecular weight is 295 g/mol. The average Bonchev–Trinajstić information content (AvgIpc) is 2.56. The summed E-state index contributed by atoms with van der Waals surface area (Å²) in [5.74, 6) is 0.0150. The summed E-state index contributed by atoms with van der Waals surface area (Å²) in [4.78, 5) is 23.1. The summed E-state index contributed by atoms with van der Waals surface area (Å²) in [5, 5.41) is 10.7.